The third-order valence-corrected chi connectivity index (χ3v) is 3.77. The van der Waals surface area contributed by atoms with Crippen LogP contribution in [0.3, 0.4) is 0 Å². The fourth-order valence-electron chi connectivity index (χ4n) is 2.21. The largest absolute Gasteiger partial charge is 0.496 e. The predicted octanol–water partition coefficient (Wildman–Crippen LogP) is 1.74. The number of rotatable bonds is 4. The lowest BCUT2D eigenvalue weighted by molar-refractivity contribution is 0.0918. The van der Waals surface area contributed by atoms with E-state index >= 15 is 0 Å². The topological polar surface area (TPSA) is 41.6 Å². The highest BCUT2D eigenvalue weighted by Gasteiger charge is 2.18. The van der Waals surface area contributed by atoms with E-state index in [2.05, 4.69) is 10.2 Å². The second-order valence-corrected chi connectivity index (χ2v) is 5.16. The highest BCUT2D eigenvalue weighted by molar-refractivity contribution is 6.31. The van der Waals surface area contributed by atoms with Crippen LogP contribution in [0.15, 0.2) is 12.1 Å². The summed E-state index contributed by atoms with van der Waals surface area (Å²) in [6.07, 6.45) is 0. The zero-order chi connectivity index (χ0) is 13.8. The average molecular weight is 283 g/mol. The van der Waals surface area contributed by atoms with Crippen LogP contribution in [0.1, 0.15) is 15.9 Å². The number of hydrogen-bond acceptors (Lipinski definition) is 4. The Balaban J connectivity index is 2.15. The van der Waals surface area contributed by atoms with E-state index in [0.717, 1.165) is 31.7 Å². The van der Waals surface area contributed by atoms with Gasteiger partial charge in [0.25, 0.3) is 0 Å². The highest BCUT2D eigenvalue weighted by Crippen LogP contribution is 2.27. The third kappa shape index (κ3) is 3.47. The fourth-order valence-corrected chi connectivity index (χ4v) is 2.36. The molecule has 5 heteroatoms. The van der Waals surface area contributed by atoms with Crippen molar-refractivity contribution in [2.24, 2.45) is 0 Å². The smallest absolute Gasteiger partial charge is 0.180 e. The lowest BCUT2D eigenvalue weighted by atomic mass is 10.1. The van der Waals surface area contributed by atoms with Crippen molar-refractivity contribution in [2.75, 3.05) is 39.8 Å². The number of ether oxygens (including phenoxy) is 1. The lowest BCUT2D eigenvalue weighted by Gasteiger charge is -2.26. The number of nitrogens with zero attached hydrogens (tertiary/aromatic N) is 1. The number of halogens is 1. The third-order valence-electron chi connectivity index (χ3n) is 3.36. The first-order valence-electron chi connectivity index (χ1n) is 6.42. The molecule has 104 valence electrons. The van der Waals surface area contributed by atoms with Crippen molar-refractivity contribution in [2.45, 2.75) is 6.92 Å². The van der Waals surface area contributed by atoms with E-state index in [1.165, 1.54) is 0 Å². The van der Waals surface area contributed by atoms with Gasteiger partial charge >= 0.3 is 0 Å². The van der Waals surface area contributed by atoms with Crippen molar-refractivity contribution >= 4 is 17.4 Å². The Labute approximate surface area is 118 Å². The molecule has 1 heterocycles. The summed E-state index contributed by atoms with van der Waals surface area (Å²) in [5.74, 6) is 0.634. The monoisotopic (exact) mass is 282 g/mol. The number of ketones is 1. The summed E-state index contributed by atoms with van der Waals surface area (Å²) in [6.45, 7) is 6.00. The van der Waals surface area contributed by atoms with Crippen molar-refractivity contribution in [3.05, 3.63) is 28.3 Å². The van der Waals surface area contributed by atoms with Crippen molar-refractivity contribution < 1.29 is 9.53 Å². The van der Waals surface area contributed by atoms with Crippen LogP contribution in [-0.2, 0) is 0 Å². The molecular weight excluding hydrogens is 264 g/mol. The van der Waals surface area contributed by atoms with Crippen LogP contribution in [0.2, 0.25) is 5.02 Å². The summed E-state index contributed by atoms with van der Waals surface area (Å²) in [5.41, 5.74) is 1.51. The number of piperazine rings is 1. The summed E-state index contributed by atoms with van der Waals surface area (Å²) in [4.78, 5) is 14.5. The number of carbonyl (C=O) groups is 1. The van der Waals surface area contributed by atoms with E-state index < -0.39 is 0 Å². The number of benzene rings is 1. The number of carbonyl (C=O) groups excluding carboxylic acids is 1. The van der Waals surface area contributed by atoms with Gasteiger partial charge in [-0.15, -0.1) is 0 Å². The van der Waals surface area contributed by atoms with Gasteiger partial charge in [0.15, 0.2) is 5.78 Å². The maximum Gasteiger partial charge on any atom is 0.180 e. The summed E-state index contributed by atoms with van der Waals surface area (Å²) >= 11 is 6.05. The molecule has 4 nitrogen and oxygen atoms in total. The average Bonchev–Trinajstić information content (AvgIpc) is 2.42. The summed E-state index contributed by atoms with van der Waals surface area (Å²) in [5, 5.41) is 3.89. The van der Waals surface area contributed by atoms with Crippen LogP contribution in [0.5, 0.6) is 5.75 Å². The Bertz CT molecular complexity index is 471. The minimum absolute atomic E-state index is 0.0820. The van der Waals surface area contributed by atoms with E-state index in [9.17, 15) is 4.79 Å². The number of Topliss-reactive ketones (excluding diaryl/α,β-unsaturated/α-hetero) is 1. The van der Waals surface area contributed by atoms with Gasteiger partial charge < -0.3 is 10.1 Å². The van der Waals surface area contributed by atoms with Crippen molar-refractivity contribution in [1.82, 2.24) is 10.2 Å². The minimum Gasteiger partial charge on any atom is -0.496 e. The maximum absolute atomic E-state index is 12.4. The maximum atomic E-state index is 12.4. The Kier molecular flexibility index (Phi) is 4.80. The molecule has 0 aliphatic carbocycles. The van der Waals surface area contributed by atoms with Crippen LogP contribution in [0.25, 0.3) is 0 Å². The zero-order valence-electron chi connectivity index (χ0n) is 11.3. The molecule has 0 bridgehead atoms. The highest BCUT2D eigenvalue weighted by atomic mass is 35.5. The van der Waals surface area contributed by atoms with Crippen LogP contribution >= 0.6 is 11.6 Å². The molecule has 19 heavy (non-hydrogen) atoms. The summed E-state index contributed by atoms with van der Waals surface area (Å²) in [6, 6.07) is 3.52. The molecule has 0 aromatic heterocycles. The number of nitrogens with one attached hydrogen (secondary N) is 1. The molecule has 0 atom stereocenters. The van der Waals surface area contributed by atoms with Gasteiger partial charge in [0.05, 0.1) is 19.2 Å². The number of methoxy groups -OCH3 is 1. The molecule has 1 aromatic rings. The minimum atomic E-state index is 0.0820. The molecule has 0 spiro atoms. The van der Waals surface area contributed by atoms with Crippen LogP contribution in [0.4, 0.5) is 0 Å². The zero-order valence-corrected chi connectivity index (χ0v) is 12.1. The lowest BCUT2D eigenvalue weighted by Crippen LogP contribution is -2.45. The van der Waals surface area contributed by atoms with Gasteiger partial charge in [-0.1, -0.05) is 11.6 Å². The molecule has 1 aliphatic heterocycles. The molecule has 0 saturated carbocycles. The van der Waals surface area contributed by atoms with Crippen LogP contribution < -0.4 is 10.1 Å². The molecule has 0 radical (unpaired) electrons. The first-order valence-corrected chi connectivity index (χ1v) is 6.80. The van der Waals surface area contributed by atoms with Gasteiger partial charge in [-0.3, -0.25) is 9.69 Å². The summed E-state index contributed by atoms with van der Waals surface area (Å²) < 4.78 is 5.26. The van der Waals surface area contributed by atoms with Gasteiger partial charge in [-0.2, -0.15) is 0 Å². The van der Waals surface area contributed by atoms with Crippen molar-refractivity contribution in [1.29, 1.82) is 0 Å². The van der Waals surface area contributed by atoms with Crippen LogP contribution in [-0.4, -0.2) is 50.5 Å². The Hall–Kier alpha value is -1.10. The molecule has 1 saturated heterocycles. The predicted molar refractivity (Wildman–Crippen MR) is 76.4 cm³/mol. The number of aryl methyl sites for hydroxylation is 1. The van der Waals surface area contributed by atoms with E-state index in [1.54, 1.807) is 13.2 Å². The van der Waals surface area contributed by atoms with Gasteiger partial charge in [0.2, 0.25) is 0 Å². The van der Waals surface area contributed by atoms with Crippen molar-refractivity contribution in [3.63, 3.8) is 0 Å². The van der Waals surface area contributed by atoms with E-state index in [4.69, 9.17) is 16.3 Å². The van der Waals surface area contributed by atoms with E-state index in [1.807, 2.05) is 13.0 Å². The Morgan fingerprint density at radius 2 is 2.11 bits per heavy atom. The van der Waals surface area contributed by atoms with Gasteiger partial charge in [-0.05, 0) is 24.6 Å². The standard InChI is InChI=1S/C14H19ClN2O2/c1-10-7-11(14(19-2)8-12(10)15)13(18)9-17-5-3-16-4-6-17/h7-8,16H,3-6,9H2,1-2H3. The molecule has 1 aliphatic rings. The molecule has 2 rings (SSSR count). The Morgan fingerprint density at radius 3 is 2.74 bits per heavy atom. The van der Waals surface area contributed by atoms with Gasteiger partial charge in [0, 0.05) is 31.2 Å². The molecule has 0 unspecified atom stereocenters. The molecule has 0 amide bonds. The molecule has 1 aromatic carbocycles. The normalized spacial score (nSPS) is 16.4. The van der Waals surface area contributed by atoms with Crippen LogP contribution in [0, 0.1) is 6.92 Å². The summed E-state index contributed by atoms with van der Waals surface area (Å²) in [7, 11) is 1.56. The Morgan fingerprint density at radius 1 is 1.42 bits per heavy atom. The molecule has 1 N–H and O–H groups in total. The van der Waals surface area contributed by atoms with Gasteiger partial charge in [0.1, 0.15) is 5.75 Å². The quantitative estimate of drug-likeness (QED) is 0.855. The second kappa shape index (κ2) is 6.37. The number of hydrogen-bond donors (Lipinski definition) is 1. The SMILES string of the molecule is COc1cc(Cl)c(C)cc1C(=O)CN1CCNCC1. The second-order valence-electron chi connectivity index (χ2n) is 4.75. The van der Waals surface area contributed by atoms with Gasteiger partial charge in [-0.25, -0.2) is 0 Å². The van der Waals surface area contributed by atoms with Crippen molar-refractivity contribution in [3.8, 4) is 5.75 Å². The molecular formula is C14H19ClN2O2. The van der Waals surface area contributed by atoms with E-state index in [-0.39, 0.29) is 5.78 Å². The molecule has 1 fully saturated rings. The first-order chi connectivity index (χ1) is 9.11. The first kappa shape index (κ1) is 14.3. The fraction of sp³-hybridized carbons (Fsp3) is 0.500. The van der Waals surface area contributed by atoms with E-state index in [0.29, 0.717) is 22.9 Å².